The zero-order valence-electron chi connectivity index (χ0n) is 17.3. The number of urea groups is 1. The van der Waals surface area contributed by atoms with Crippen LogP contribution in [0.2, 0.25) is 0 Å². The zero-order chi connectivity index (χ0) is 20.9. The van der Waals surface area contributed by atoms with E-state index in [9.17, 15) is 4.79 Å². The van der Waals surface area contributed by atoms with Gasteiger partial charge in [0.15, 0.2) is 0 Å². The Morgan fingerprint density at radius 1 is 1.14 bits per heavy atom. The lowest BCUT2D eigenvalue weighted by Gasteiger charge is -2.33. The molecule has 1 unspecified atom stereocenters. The Kier molecular flexibility index (Phi) is 6.34. The monoisotopic (exact) mass is 393 g/mol. The van der Waals surface area contributed by atoms with Crippen molar-refractivity contribution < 1.29 is 9.53 Å². The standard InChI is InChI=1S/C12H16N2O.C11H12N2O/c1-10-6-5-9-14(10,12(13)15)11-7-3-2-4-8-11;1-9-7-8-13(12-9)10-3-5-11(14-2)6-4-10/h2-4,7-8,10H,5-6,9H2,1H3,(H-,13,15);3-8H,1-2H3/p+1/t10?,14-;/m0./s1. The topological polar surface area (TPSA) is 70.1 Å². The number of nitrogens with zero attached hydrogens (tertiary/aromatic N) is 3. The first-order chi connectivity index (χ1) is 14.0. The maximum atomic E-state index is 11.7. The third-order valence-corrected chi connectivity index (χ3v) is 5.55. The smallest absolute Gasteiger partial charge is 0.419 e. The Bertz CT molecular complexity index is 937. The molecule has 152 valence electrons. The third-order valence-electron chi connectivity index (χ3n) is 5.55. The second-order valence-electron chi connectivity index (χ2n) is 7.36. The van der Waals surface area contributed by atoms with E-state index in [0.717, 1.165) is 42.2 Å². The molecule has 0 aliphatic carbocycles. The fourth-order valence-electron chi connectivity index (χ4n) is 3.90. The Balaban J connectivity index is 0.000000166. The number of para-hydroxylation sites is 1. The van der Waals surface area contributed by atoms with E-state index >= 15 is 0 Å². The summed E-state index contributed by atoms with van der Waals surface area (Å²) in [6.07, 6.45) is 4.08. The average molecular weight is 394 g/mol. The van der Waals surface area contributed by atoms with E-state index in [1.165, 1.54) is 0 Å². The average Bonchev–Trinajstić information content (AvgIpc) is 3.35. The lowest BCUT2D eigenvalue weighted by atomic mass is 10.2. The molecule has 2 atom stereocenters. The van der Waals surface area contributed by atoms with E-state index in [4.69, 9.17) is 10.5 Å². The highest BCUT2D eigenvalue weighted by molar-refractivity contribution is 5.86. The number of aromatic nitrogens is 2. The van der Waals surface area contributed by atoms with Crippen LogP contribution in [0.3, 0.4) is 0 Å². The molecule has 1 saturated heterocycles. The van der Waals surface area contributed by atoms with Crippen LogP contribution in [0.1, 0.15) is 25.5 Å². The molecule has 0 saturated carbocycles. The normalized spacial score (nSPS) is 20.6. The van der Waals surface area contributed by atoms with Crippen molar-refractivity contribution in [3.05, 3.63) is 72.6 Å². The fraction of sp³-hybridized carbons (Fsp3) is 0.304. The van der Waals surface area contributed by atoms with Crippen molar-refractivity contribution in [2.45, 2.75) is 32.7 Å². The molecule has 1 fully saturated rings. The van der Waals surface area contributed by atoms with Crippen molar-refractivity contribution in [3.63, 3.8) is 0 Å². The maximum absolute atomic E-state index is 11.7. The van der Waals surface area contributed by atoms with Crippen LogP contribution in [0.15, 0.2) is 66.9 Å². The second kappa shape index (κ2) is 8.92. The first-order valence-electron chi connectivity index (χ1n) is 9.87. The summed E-state index contributed by atoms with van der Waals surface area (Å²) in [5.74, 6) is 0.859. The van der Waals surface area contributed by atoms with Gasteiger partial charge in [-0.15, -0.1) is 0 Å². The van der Waals surface area contributed by atoms with Crippen LogP contribution in [0, 0.1) is 6.92 Å². The number of nitrogens with two attached hydrogens (primary N) is 1. The number of methoxy groups -OCH3 is 1. The molecule has 4 rings (SSSR count). The molecule has 1 aromatic heterocycles. The minimum atomic E-state index is -0.230. The Labute approximate surface area is 172 Å². The van der Waals surface area contributed by atoms with Crippen LogP contribution in [0.25, 0.3) is 5.69 Å². The molecule has 0 bridgehead atoms. The SMILES string of the molecule is CC1CCC[N@@+]1(C(N)=O)c1ccccc1.COc1ccc(-n2ccc(C)n2)cc1. The number of carbonyl (C=O) groups is 1. The van der Waals surface area contributed by atoms with Crippen LogP contribution >= 0.6 is 0 Å². The Hall–Kier alpha value is -3.12. The summed E-state index contributed by atoms with van der Waals surface area (Å²) in [7, 11) is 1.66. The number of amides is 2. The molecule has 0 radical (unpaired) electrons. The van der Waals surface area contributed by atoms with Gasteiger partial charge in [-0.1, -0.05) is 18.2 Å². The van der Waals surface area contributed by atoms with Crippen LogP contribution in [0.5, 0.6) is 5.75 Å². The van der Waals surface area contributed by atoms with E-state index in [2.05, 4.69) is 12.0 Å². The van der Waals surface area contributed by atoms with Crippen LogP contribution < -0.4 is 15.0 Å². The summed E-state index contributed by atoms with van der Waals surface area (Å²) < 4.78 is 7.24. The van der Waals surface area contributed by atoms with Crippen molar-refractivity contribution in [2.24, 2.45) is 5.73 Å². The zero-order valence-corrected chi connectivity index (χ0v) is 17.3. The molecule has 2 heterocycles. The Morgan fingerprint density at radius 2 is 1.83 bits per heavy atom. The predicted octanol–water partition coefficient (Wildman–Crippen LogP) is 4.44. The number of carbonyl (C=O) groups excluding carboxylic acids is 1. The number of hydrogen-bond donors (Lipinski definition) is 1. The molecule has 2 amide bonds. The molecule has 3 aromatic rings. The number of hydrogen-bond acceptors (Lipinski definition) is 3. The maximum Gasteiger partial charge on any atom is 0.419 e. The minimum absolute atomic E-state index is 0.230. The quantitative estimate of drug-likeness (QED) is 0.669. The summed E-state index contributed by atoms with van der Waals surface area (Å²) in [5, 5.41) is 4.31. The second-order valence-corrected chi connectivity index (χ2v) is 7.36. The van der Waals surface area contributed by atoms with Gasteiger partial charge >= 0.3 is 6.03 Å². The molecular formula is C23H29N4O2+. The predicted molar refractivity (Wildman–Crippen MR) is 116 cm³/mol. The van der Waals surface area contributed by atoms with Crippen molar-refractivity contribution in [3.8, 4) is 11.4 Å². The fourth-order valence-corrected chi connectivity index (χ4v) is 3.90. The summed E-state index contributed by atoms with van der Waals surface area (Å²) in [4.78, 5) is 11.7. The van der Waals surface area contributed by atoms with Gasteiger partial charge in [0.05, 0.1) is 31.1 Å². The molecule has 2 aromatic carbocycles. The lowest BCUT2D eigenvalue weighted by molar-refractivity contribution is 0.206. The molecule has 0 spiro atoms. The molecule has 6 heteroatoms. The number of benzene rings is 2. The van der Waals surface area contributed by atoms with Crippen molar-refractivity contribution >= 4 is 11.7 Å². The molecule has 6 nitrogen and oxygen atoms in total. The van der Waals surface area contributed by atoms with E-state index in [1.807, 2.05) is 78.5 Å². The van der Waals surface area contributed by atoms with Crippen LogP contribution in [0.4, 0.5) is 10.5 Å². The van der Waals surface area contributed by atoms with Gasteiger partial charge in [-0.3, -0.25) is 0 Å². The number of ether oxygens (including phenoxy) is 1. The minimum Gasteiger partial charge on any atom is -0.497 e. The summed E-state index contributed by atoms with van der Waals surface area (Å²) in [6.45, 7) is 4.91. The van der Waals surface area contributed by atoms with Gasteiger partial charge in [0, 0.05) is 19.0 Å². The van der Waals surface area contributed by atoms with Crippen molar-refractivity contribution in [2.75, 3.05) is 13.7 Å². The molecule has 1 aliphatic rings. The number of primary amides is 1. The summed E-state index contributed by atoms with van der Waals surface area (Å²) in [6, 6.07) is 19.7. The van der Waals surface area contributed by atoms with Gasteiger partial charge in [0.25, 0.3) is 0 Å². The van der Waals surface area contributed by atoms with Gasteiger partial charge in [0.2, 0.25) is 0 Å². The Morgan fingerprint density at radius 3 is 2.31 bits per heavy atom. The molecule has 1 aliphatic heterocycles. The summed E-state index contributed by atoms with van der Waals surface area (Å²) in [5.41, 5.74) is 8.67. The number of aryl methyl sites for hydroxylation is 1. The molecular weight excluding hydrogens is 364 g/mol. The highest BCUT2D eigenvalue weighted by Crippen LogP contribution is 2.33. The van der Waals surface area contributed by atoms with Crippen LogP contribution in [-0.2, 0) is 0 Å². The molecule has 2 N–H and O–H groups in total. The lowest BCUT2D eigenvalue weighted by Crippen LogP contribution is -2.59. The van der Waals surface area contributed by atoms with Crippen molar-refractivity contribution in [1.82, 2.24) is 14.3 Å². The first kappa shape index (κ1) is 20.6. The summed E-state index contributed by atoms with van der Waals surface area (Å²) >= 11 is 0. The number of rotatable bonds is 3. The number of likely N-dealkylation sites (tertiary alicyclic amines) is 1. The van der Waals surface area contributed by atoms with Gasteiger partial charge < -0.3 is 10.5 Å². The van der Waals surface area contributed by atoms with E-state index in [0.29, 0.717) is 10.5 Å². The van der Waals surface area contributed by atoms with Gasteiger partial charge in [-0.2, -0.15) is 5.10 Å². The largest absolute Gasteiger partial charge is 0.497 e. The van der Waals surface area contributed by atoms with E-state index in [-0.39, 0.29) is 6.03 Å². The van der Waals surface area contributed by atoms with Gasteiger partial charge in [-0.25, -0.2) is 14.0 Å². The highest BCUT2D eigenvalue weighted by atomic mass is 16.5. The third kappa shape index (κ3) is 4.32. The first-order valence-corrected chi connectivity index (χ1v) is 9.87. The van der Waals surface area contributed by atoms with E-state index < -0.39 is 0 Å². The number of quaternary nitrogens is 1. The van der Waals surface area contributed by atoms with Gasteiger partial charge in [0.1, 0.15) is 11.4 Å². The molecule has 29 heavy (non-hydrogen) atoms. The highest BCUT2D eigenvalue weighted by Gasteiger charge is 2.46. The van der Waals surface area contributed by atoms with Gasteiger partial charge in [-0.05, 0) is 56.3 Å². The van der Waals surface area contributed by atoms with Crippen molar-refractivity contribution in [1.29, 1.82) is 0 Å². The van der Waals surface area contributed by atoms with E-state index in [1.54, 1.807) is 7.11 Å². The van der Waals surface area contributed by atoms with Crippen LogP contribution in [-0.4, -0.2) is 35.5 Å².